The molecular formula is C11H16N2O2. The van der Waals surface area contributed by atoms with E-state index in [1.54, 1.807) is 12.1 Å². The maximum atomic E-state index is 10.6. The molecule has 1 aromatic carbocycles. The van der Waals surface area contributed by atoms with Crippen LogP contribution in [0.2, 0.25) is 0 Å². The SMILES string of the molecule is Cc1ccc([N+](=O)[O-])cc1CCC(C)N. The lowest BCUT2D eigenvalue weighted by molar-refractivity contribution is -0.384. The van der Waals surface area contributed by atoms with E-state index in [0.717, 1.165) is 24.0 Å². The molecule has 4 nitrogen and oxygen atoms in total. The van der Waals surface area contributed by atoms with Gasteiger partial charge in [-0.25, -0.2) is 0 Å². The van der Waals surface area contributed by atoms with Crippen molar-refractivity contribution in [1.29, 1.82) is 0 Å². The molecule has 1 unspecified atom stereocenters. The molecule has 2 N–H and O–H groups in total. The summed E-state index contributed by atoms with van der Waals surface area (Å²) >= 11 is 0. The Labute approximate surface area is 89.2 Å². The highest BCUT2D eigenvalue weighted by molar-refractivity contribution is 5.39. The lowest BCUT2D eigenvalue weighted by atomic mass is 10.0. The number of nitro groups is 1. The molecule has 82 valence electrons. The van der Waals surface area contributed by atoms with Crippen LogP contribution >= 0.6 is 0 Å². The maximum absolute atomic E-state index is 10.6. The van der Waals surface area contributed by atoms with Crippen molar-refractivity contribution in [2.24, 2.45) is 5.73 Å². The van der Waals surface area contributed by atoms with Crippen LogP contribution in [-0.4, -0.2) is 11.0 Å². The van der Waals surface area contributed by atoms with Crippen LogP contribution in [0.4, 0.5) is 5.69 Å². The molecule has 0 bridgehead atoms. The summed E-state index contributed by atoms with van der Waals surface area (Å²) in [5.74, 6) is 0. The summed E-state index contributed by atoms with van der Waals surface area (Å²) in [6, 6.07) is 5.08. The van der Waals surface area contributed by atoms with E-state index in [1.165, 1.54) is 6.07 Å². The topological polar surface area (TPSA) is 69.2 Å². The zero-order valence-electron chi connectivity index (χ0n) is 9.06. The second-order valence-electron chi connectivity index (χ2n) is 3.88. The highest BCUT2D eigenvalue weighted by Crippen LogP contribution is 2.18. The Hall–Kier alpha value is -1.42. The number of hydrogen-bond acceptors (Lipinski definition) is 3. The summed E-state index contributed by atoms with van der Waals surface area (Å²) in [5.41, 5.74) is 7.91. The number of nitrogens with two attached hydrogens (primary N) is 1. The molecule has 0 spiro atoms. The summed E-state index contributed by atoms with van der Waals surface area (Å²) in [6.45, 7) is 3.90. The second kappa shape index (κ2) is 4.89. The van der Waals surface area contributed by atoms with E-state index in [-0.39, 0.29) is 16.7 Å². The highest BCUT2D eigenvalue weighted by atomic mass is 16.6. The Balaban J connectivity index is 2.85. The fraction of sp³-hybridized carbons (Fsp3) is 0.455. The molecule has 4 heteroatoms. The Morgan fingerprint density at radius 3 is 2.73 bits per heavy atom. The number of nitro benzene ring substituents is 1. The van der Waals surface area contributed by atoms with E-state index in [0.29, 0.717) is 0 Å². The average Bonchev–Trinajstić information content (AvgIpc) is 2.16. The van der Waals surface area contributed by atoms with Gasteiger partial charge in [-0.2, -0.15) is 0 Å². The van der Waals surface area contributed by atoms with E-state index in [1.807, 2.05) is 13.8 Å². The third kappa shape index (κ3) is 3.32. The zero-order chi connectivity index (χ0) is 11.4. The van der Waals surface area contributed by atoms with Gasteiger partial charge in [-0.1, -0.05) is 6.07 Å². The molecule has 0 aromatic heterocycles. The van der Waals surface area contributed by atoms with Gasteiger partial charge in [0.1, 0.15) is 0 Å². The second-order valence-corrected chi connectivity index (χ2v) is 3.88. The van der Waals surface area contributed by atoms with Gasteiger partial charge in [-0.3, -0.25) is 10.1 Å². The number of nitrogens with zero attached hydrogens (tertiary/aromatic N) is 1. The van der Waals surface area contributed by atoms with Crippen molar-refractivity contribution < 1.29 is 4.92 Å². The average molecular weight is 208 g/mol. The minimum Gasteiger partial charge on any atom is -0.328 e. The molecule has 0 saturated carbocycles. The van der Waals surface area contributed by atoms with Gasteiger partial charge in [0.15, 0.2) is 0 Å². The molecular weight excluding hydrogens is 192 g/mol. The molecule has 0 aliphatic rings. The van der Waals surface area contributed by atoms with E-state index in [2.05, 4.69) is 0 Å². The first-order chi connectivity index (χ1) is 7.00. The molecule has 0 heterocycles. The lowest BCUT2D eigenvalue weighted by Gasteiger charge is -2.07. The van der Waals surface area contributed by atoms with Gasteiger partial charge in [0, 0.05) is 18.2 Å². The first-order valence-electron chi connectivity index (χ1n) is 5.00. The first kappa shape index (κ1) is 11.7. The van der Waals surface area contributed by atoms with E-state index in [4.69, 9.17) is 5.73 Å². The zero-order valence-corrected chi connectivity index (χ0v) is 9.06. The van der Waals surface area contributed by atoms with Gasteiger partial charge in [0.05, 0.1) is 4.92 Å². The highest BCUT2D eigenvalue weighted by Gasteiger charge is 2.08. The summed E-state index contributed by atoms with van der Waals surface area (Å²) < 4.78 is 0. The Morgan fingerprint density at radius 2 is 2.20 bits per heavy atom. The van der Waals surface area contributed by atoms with Crippen LogP contribution in [0.1, 0.15) is 24.5 Å². The minimum atomic E-state index is -0.366. The van der Waals surface area contributed by atoms with Crippen molar-refractivity contribution in [3.8, 4) is 0 Å². The molecule has 0 aliphatic carbocycles. The first-order valence-corrected chi connectivity index (χ1v) is 5.00. The largest absolute Gasteiger partial charge is 0.328 e. The van der Waals surface area contributed by atoms with Crippen molar-refractivity contribution in [3.63, 3.8) is 0 Å². The van der Waals surface area contributed by atoms with Crippen molar-refractivity contribution in [2.45, 2.75) is 32.7 Å². The molecule has 0 saturated heterocycles. The van der Waals surface area contributed by atoms with Gasteiger partial charge in [-0.15, -0.1) is 0 Å². The quantitative estimate of drug-likeness (QED) is 0.609. The van der Waals surface area contributed by atoms with Crippen LogP contribution in [0, 0.1) is 17.0 Å². The third-order valence-electron chi connectivity index (χ3n) is 2.41. The molecule has 0 amide bonds. The molecule has 0 aliphatic heterocycles. The minimum absolute atomic E-state index is 0.128. The predicted octanol–water partition coefficient (Wildman–Crippen LogP) is 2.18. The van der Waals surface area contributed by atoms with Crippen LogP contribution < -0.4 is 5.73 Å². The van der Waals surface area contributed by atoms with Gasteiger partial charge < -0.3 is 5.73 Å². The van der Waals surface area contributed by atoms with Crippen molar-refractivity contribution in [1.82, 2.24) is 0 Å². The predicted molar refractivity (Wildman–Crippen MR) is 59.8 cm³/mol. The van der Waals surface area contributed by atoms with Gasteiger partial charge in [0.25, 0.3) is 5.69 Å². The number of benzene rings is 1. The smallest absolute Gasteiger partial charge is 0.269 e. The third-order valence-corrected chi connectivity index (χ3v) is 2.41. The fourth-order valence-corrected chi connectivity index (χ4v) is 1.42. The van der Waals surface area contributed by atoms with Crippen LogP contribution in [0.25, 0.3) is 0 Å². The molecule has 1 aromatic rings. The standard InChI is InChI=1S/C11H16N2O2/c1-8-3-6-11(13(14)15)7-10(8)5-4-9(2)12/h3,6-7,9H,4-5,12H2,1-2H3. The summed E-state index contributed by atoms with van der Waals surface area (Å²) in [7, 11) is 0. The lowest BCUT2D eigenvalue weighted by Crippen LogP contribution is -2.15. The molecule has 1 atom stereocenters. The Kier molecular flexibility index (Phi) is 3.80. The summed E-state index contributed by atoms with van der Waals surface area (Å²) in [5, 5.41) is 10.6. The number of hydrogen-bond donors (Lipinski definition) is 1. The monoisotopic (exact) mass is 208 g/mol. The molecule has 15 heavy (non-hydrogen) atoms. The van der Waals surface area contributed by atoms with Gasteiger partial charge in [-0.05, 0) is 37.8 Å². The van der Waals surface area contributed by atoms with E-state index < -0.39 is 0 Å². The van der Waals surface area contributed by atoms with Crippen molar-refractivity contribution >= 4 is 5.69 Å². The molecule has 0 fully saturated rings. The van der Waals surface area contributed by atoms with Crippen LogP contribution in [0.3, 0.4) is 0 Å². The van der Waals surface area contributed by atoms with Gasteiger partial charge >= 0.3 is 0 Å². The maximum Gasteiger partial charge on any atom is 0.269 e. The van der Waals surface area contributed by atoms with E-state index in [9.17, 15) is 10.1 Å². The number of rotatable bonds is 4. The number of non-ortho nitro benzene ring substituents is 1. The number of aryl methyl sites for hydroxylation is 2. The fourth-order valence-electron chi connectivity index (χ4n) is 1.42. The van der Waals surface area contributed by atoms with Crippen molar-refractivity contribution in [2.75, 3.05) is 0 Å². The summed E-state index contributed by atoms with van der Waals surface area (Å²) in [6.07, 6.45) is 1.65. The van der Waals surface area contributed by atoms with E-state index >= 15 is 0 Å². The van der Waals surface area contributed by atoms with Crippen LogP contribution in [-0.2, 0) is 6.42 Å². The van der Waals surface area contributed by atoms with Crippen LogP contribution in [0.5, 0.6) is 0 Å². The normalized spacial score (nSPS) is 12.5. The van der Waals surface area contributed by atoms with Crippen molar-refractivity contribution in [3.05, 3.63) is 39.4 Å². The summed E-state index contributed by atoms with van der Waals surface area (Å²) in [4.78, 5) is 10.2. The molecule has 0 radical (unpaired) electrons. The van der Waals surface area contributed by atoms with Crippen LogP contribution in [0.15, 0.2) is 18.2 Å². The Morgan fingerprint density at radius 1 is 1.53 bits per heavy atom. The molecule has 1 rings (SSSR count). The van der Waals surface area contributed by atoms with Gasteiger partial charge in [0.2, 0.25) is 0 Å². The Bertz CT molecular complexity index is 362.